The number of rotatable bonds is 12. The number of nitrogens with zero attached hydrogens (tertiary/aromatic N) is 4. The average Bonchev–Trinajstić information content (AvgIpc) is 3.14. The van der Waals surface area contributed by atoms with Crippen LogP contribution in [0.4, 0.5) is 22.7 Å². The van der Waals surface area contributed by atoms with E-state index in [1.165, 1.54) is 37.7 Å². The molecule has 0 spiro atoms. The molecule has 0 heterocycles. The van der Waals surface area contributed by atoms with Crippen LogP contribution in [0.1, 0.15) is 54.7 Å². The van der Waals surface area contributed by atoms with Crippen molar-refractivity contribution < 1.29 is 29.0 Å². The molecule has 51 heavy (non-hydrogen) atoms. The second-order valence-electron chi connectivity index (χ2n) is 11.2. The smallest absolute Gasteiger partial charge is 0.318 e. The lowest BCUT2D eigenvalue weighted by Crippen LogP contribution is -2.11. The normalized spacial score (nSPS) is 11.5. The summed E-state index contributed by atoms with van der Waals surface area (Å²) >= 11 is 1.44. The van der Waals surface area contributed by atoms with Crippen molar-refractivity contribution in [2.45, 2.75) is 37.5 Å². The molecule has 0 aliphatic carbocycles. The van der Waals surface area contributed by atoms with Crippen LogP contribution in [0.5, 0.6) is 0 Å². The SMILES string of the molecule is CC(=O)ON=C(C)c1ccc(N(c2ccc(C(=O)c3ccc(Sc4ccc([N+](=O)[O-])cc4)cc3)cc2)c2ccc(/C(C)=N/OC(C)=O)cc2)cc1. The first-order chi connectivity index (χ1) is 24.5. The molecule has 0 fully saturated rings. The largest absolute Gasteiger partial charge is 0.331 e. The molecule has 0 aliphatic heterocycles. The number of anilines is 3. The second kappa shape index (κ2) is 16.3. The lowest BCUT2D eigenvalue weighted by Gasteiger charge is -2.26. The molecule has 11 nitrogen and oxygen atoms in total. The molecule has 0 N–H and O–H groups in total. The molecule has 0 aliphatic rings. The van der Waals surface area contributed by atoms with Crippen molar-refractivity contribution in [3.63, 3.8) is 0 Å². The lowest BCUT2D eigenvalue weighted by molar-refractivity contribution is -0.384. The Hall–Kier alpha value is -6.40. The van der Waals surface area contributed by atoms with Crippen molar-refractivity contribution in [3.8, 4) is 0 Å². The van der Waals surface area contributed by atoms with E-state index in [4.69, 9.17) is 9.68 Å². The summed E-state index contributed by atoms with van der Waals surface area (Å²) in [7, 11) is 0. The molecule has 0 radical (unpaired) electrons. The Morgan fingerprint density at radius 3 is 1.24 bits per heavy atom. The summed E-state index contributed by atoms with van der Waals surface area (Å²) in [6, 6.07) is 36.0. The topological polar surface area (TPSA) is 141 Å². The summed E-state index contributed by atoms with van der Waals surface area (Å²) < 4.78 is 0. The van der Waals surface area contributed by atoms with E-state index in [9.17, 15) is 24.5 Å². The summed E-state index contributed by atoms with van der Waals surface area (Å²) in [5, 5.41) is 18.7. The number of ketones is 1. The fraction of sp³-hybridized carbons (Fsp3) is 0.103. The van der Waals surface area contributed by atoms with Crippen molar-refractivity contribution >= 4 is 63.7 Å². The third-order valence-electron chi connectivity index (χ3n) is 7.50. The summed E-state index contributed by atoms with van der Waals surface area (Å²) in [5.74, 6) is -1.16. The summed E-state index contributed by atoms with van der Waals surface area (Å²) in [4.78, 5) is 59.7. The Bertz CT molecular complexity index is 2040. The number of nitro groups is 1. The van der Waals surface area contributed by atoms with Gasteiger partial charge in [-0.05, 0) is 110 Å². The highest BCUT2D eigenvalue weighted by molar-refractivity contribution is 7.99. The maximum absolute atomic E-state index is 13.5. The highest BCUT2D eigenvalue weighted by atomic mass is 32.2. The summed E-state index contributed by atoms with van der Waals surface area (Å²) in [6.07, 6.45) is 0. The molecule has 0 saturated carbocycles. The van der Waals surface area contributed by atoms with Crippen LogP contribution < -0.4 is 4.90 Å². The highest BCUT2D eigenvalue weighted by Gasteiger charge is 2.16. The fourth-order valence-corrected chi connectivity index (χ4v) is 5.71. The molecule has 5 aromatic rings. The van der Waals surface area contributed by atoms with E-state index < -0.39 is 16.9 Å². The van der Waals surface area contributed by atoms with Crippen molar-refractivity contribution in [2.75, 3.05) is 4.90 Å². The molecular weight excluding hydrogens is 669 g/mol. The lowest BCUT2D eigenvalue weighted by atomic mass is 10.0. The molecule has 0 aromatic heterocycles. The summed E-state index contributed by atoms with van der Waals surface area (Å²) in [5.41, 5.74) is 6.10. The number of hydrogen-bond donors (Lipinski definition) is 0. The molecule has 0 atom stereocenters. The average molecular weight is 701 g/mol. The number of carbonyl (C=O) groups excluding carboxylic acids is 3. The van der Waals surface area contributed by atoms with E-state index in [1.54, 1.807) is 50.2 Å². The Morgan fingerprint density at radius 1 is 0.549 bits per heavy atom. The quantitative estimate of drug-likeness (QED) is 0.0410. The first-order valence-electron chi connectivity index (χ1n) is 15.6. The number of hydrogen-bond acceptors (Lipinski definition) is 11. The van der Waals surface area contributed by atoms with Crippen LogP contribution in [0.2, 0.25) is 0 Å². The van der Waals surface area contributed by atoms with Gasteiger partial charge in [-0.15, -0.1) is 0 Å². The standard InChI is InChI=1S/C39H32N4O7S/c1-25(40-49-27(3)44)29-5-13-33(14-6-29)42(34-15-7-30(8-16-34)26(2)41-50-28(4)45)35-17-9-31(10-18-35)39(46)32-11-21-37(22-12-32)51-38-23-19-36(20-24-38)43(47)48/h5-24H,1-4H3/b40-25+,41-26?. The predicted molar refractivity (Wildman–Crippen MR) is 196 cm³/mol. The van der Waals surface area contributed by atoms with Crippen LogP contribution in [-0.2, 0) is 19.3 Å². The van der Waals surface area contributed by atoms with Gasteiger partial charge < -0.3 is 14.6 Å². The van der Waals surface area contributed by atoms with Crippen molar-refractivity contribution in [2.24, 2.45) is 10.3 Å². The Balaban J connectivity index is 1.39. The maximum Gasteiger partial charge on any atom is 0.331 e. The van der Waals surface area contributed by atoms with Crippen molar-refractivity contribution in [1.29, 1.82) is 0 Å². The number of carbonyl (C=O) groups is 3. The maximum atomic E-state index is 13.5. The molecule has 0 saturated heterocycles. The number of non-ortho nitro benzene ring substituents is 1. The van der Waals surface area contributed by atoms with Crippen LogP contribution in [0.3, 0.4) is 0 Å². The number of oxime groups is 2. The van der Waals surface area contributed by atoms with Gasteiger partial charge in [0, 0.05) is 64.0 Å². The fourth-order valence-electron chi connectivity index (χ4n) is 4.90. The molecular formula is C39H32N4O7S. The van der Waals surface area contributed by atoms with E-state index in [1.807, 2.05) is 77.7 Å². The van der Waals surface area contributed by atoms with E-state index >= 15 is 0 Å². The zero-order valence-electron chi connectivity index (χ0n) is 28.1. The van der Waals surface area contributed by atoms with Crippen LogP contribution in [-0.4, -0.2) is 34.1 Å². The molecule has 5 rings (SSSR count). The second-order valence-corrected chi connectivity index (χ2v) is 12.3. The van der Waals surface area contributed by atoms with Gasteiger partial charge in [0.15, 0.2) is 5.78 Å². The Morgan fingerprint density at radius 2 is 0.882 bits per heavy atom. The van der Waals surface area contributed by atoms with Crippen molar-refractivity contribution in [1.82, 2.24) is 0 Å². The van der Waals surface area contributed by atoms with Gasteiger partial charge in [-0.2, -0.15) is 0 Å². The number of nitro benzene ring substituents is 1. The van der Waals surface area contributed by atoms with E-state index in [-0.39, 0.29) is 11.5 Å². The minimum atomic E-state index is -0.508. The first-order valence-corrected chi connectivity index (χ1v) is 16.4. The van der Waals surface area contributed by atoms with Crippen LogP contribution >= 0.6 is 11.8 Å². The zero-order chi connectivity index (χ0) is 36.5. The Kier molecular flexibility index (Phi) is 11.5. The van der Waals surface area contributed by atoms with E-state index in [2.05, 4.69) is 10.3 Å². The van der Waals surface area contributed by atoms with Gasteiger partial charge in [-0.1, -0.05) is 46.3 Å². The van der Waals surface area contributed by atoms with Crippen LogP contribution in [0.15, 0.2) is 141 Å². The van der Waals surface area contributed by atoms with Gasteiger partial charge in [-0.3, -0.25) is 14.9 Å². The Labute approximate surface area is 298 Å². The van der Waals surface area contributed by atoms with Gasteiger partial charge in [0.25, 0.3) is 5.69 Å². The molecule has 0 amide bonds. The van der Waals surface area contributed by atoms with Gasteiger partial charge in [0.1, 0.15) is 0 Å². The predicted octanol–water partition coefficient (Wildman–Crippen LogP) is 9.02. The molecule has 0 bridgehead atoms. The van der Waals surface area contributed by atoms with Crippen LogP contribution in [0.25, 0.3) is 0 Å². The van der Waals surface area contributed by atoms with Crippen molar-refractivity contribution in [3.05, 3.63) is 154 Å². The highest BCUT2D eigenvalue weighted by Crippen LogP contribution is 2.35. The minimum Gasteiger partial charge on any atom is -0.318 e. The third kappa shape index (κ3) is 9.40. The van der Waals surface area contributed by atoms with Gasteiger partial charge in [0.05, 0.1) is 16.3 Å². The summed E-state index contributed by atoms with van der Waals surface area (Å²) in [6.45, 7) is 6.06. The zero-order valence-corrected chi connectivity index (χ0v) is 28.9. The molecule has 0 unspecified atom stereocenters. The van der Waals surface area contributed by atoms with Gasteiger partial charge >= 0.3 is 11.9 Å². The van der Waals surface area contributed by atoms with Gasteiger partial charge in [0.2, 0.25) is 0 Å². The monoisotopic (exact) mass is 700 g/mol. The molecule has 5 aromatic carbocycles. The van der Waals surface area contributed by atoms with E-state index in [0.29, 0.717) is 22.6 Å². The minimum absolute atomic E-state index is 0.0290. The van der Waals surface area contributed by atoms with Gasteiger partial charge in [-0.25, -0.2) is 9.59 Å². The first kappa shape index (κ1) is 35.9. The van der Waals surface area contributed by atoms with Crippen LogP contribution in [0, 0.1) is 10.1 Å². The van der Waals surface area contributed by atoms with E-state index in [0.717, 1.165) is 38.0 Å². The molecule has 256 valence electrons. The molecule has 12 heteroatoms. The number of benzene rings is 5. The third-order valence-corrected chi connectivity index (χ3v) is 8.51.